The normalized spacial score (nSPS) is 22.8. The van der Waals surface area contributed by atoms with Gasteiger partial charge in [-0.2, -0.15) is 4.98 Å². The van der Waals surface area contributed by atoms with Crippen molar-refractivity contribution in [1.82, 2.24) is 9.55 Å². The van der Waals surface area contributed by atoms with Gasteiger partial charge in [0, 0.05) is 6.42 Å². The Kier molecular flexibility index (Phi) is 5.21. The molecule has 9 heteroatoms. The first-order valence-corrected chi connectivity index (χ1v) is 9.39. The molecule has 0 amide bonds. The number of aliphatic hydroxyl groups is 2. The minimum Gasteiger partial charge on any atom is -0.491 e. The van der Waals surface area contributed by atoms with E-state index in [2.05, 4.69) is 17.2 Å². The number of ether oxygens (including phenoxy) is 3. The van der Waals surface area contributed by atoms with E-state index in [1.54, 1.807) is 6.07 Å². The van der Waals surface area contributed by atoms with Crippen LogP contribution in [0.3, 0.4) is 0 Å². The van der Waals surface area contributed by atoms with Crippen molar-refractivity contribution < 1.29 is 24.4 Å². The van der Waals surface area contributed by atoms with E-state index in [1.807, 2.05) is 12.1 Å². The summed E-state index contributed by atoms with van der Waals surface area (Å²) >= 11 is 0. The predicted octanol–water partition coefficient (Wildman–Crippen LogP) is 1.91. The Hall–Kier alpha value is -2.62. The Labute approximate surface area is 161 Å². The second-order valence-electron chi connectivity index (χ2n) is 6.82. The van der Waals surface area contributed by atoms with Gasteiger partial charge in [-0.05, 0) is 18.6 Å². The van der Waals surface area contributed by atoms with Crippen LogP contribution in [0.1, 0.15) is 32.4 Å². The summed E-state index contributed by atoms with van der Waals surface area (Å²) in [5.41, 5.74) is 0.0853. The highest BCUT2D eigenvalue weighted by atomic mass is 16.5. The van der Waals surface area contributed by atoms with Gasteiger partial charge in [0.25, 0.3) is 0 Å². The molecular weight excluding hydrogens is 366 g/mol. The van der Waals surface area contributed by atoms with Crippen LogP contribution in [-0.2, 0) is 4.74 Å². The number of fused-ring (bicyclic) bond motifs is 2. The second kappa shape index (κ2) is 7.78. The molecule has 150 valence electrons. The molecule has 0 saturated carbocycles. The van der Waals surface area contributed by atoms with Crippen LogP contribution in [0.4, 0.5) is 11.5 Å². The highest BCUT2D eigenvalue weighted by molar-refractivity contribution is 5.77. The summed E-state index contributed by atoms with van der Waals surface area (Å²) in [5, 5.41) is 22.3. The molecule has 0 radical (unpaired) electrons. The van der Waals surface area contributed by atoms with Crippen LogP contribution in [0.15, 0.2) is 29.2 Å². The number of para-hydroxylation sites is 1. The monoisotopic (exact) mass is 389 g/mol. The van der Waals surface area contributed by atoms with Gasteiger partial charge in [0.2, 0.25) is 0 Å². The number of benzene rings is 1. The van der Waals surface area contributed by atoms with Crippen LogP contribution in [0.2, 0.25) is 0 Å². The molecule has 2 aromatic rings. The van der Waals surface area contributed by atoms with Crippen molar-refractivity contribution in [2.75, 3.05) is 18.5 Å². The zero-order valence-corrected chi connectivity index (χ0v) is 15.5. The molecular formula is C19H23N3O6. The fraction of sp³-hybridized carbons (Fsp3) is 0.474. The van der Waals surface area contributed by atoms with E-state index in [0.29, 0.717) is 29.5 Å². The van der Waals surface area contributed by atoms with E-state index < -0.39 is 24.1 Å². The van der Waals surface area contributed by atoms with Gasteiger partial charge < -0.3 is 29.7 Å². The standard InChI is InChI=1S/C19H23N3O6/c1-2-3-7-26-12-5-4-6-13-17(12)20-18-14(27-13)9-22(19(25)21-18)16-8-11(24)15(10-23)28-16/h4-6,9,11,15-16,23-24H,2-3,7-8,10H2,1H3,(H,20,21,25)/t11-,15-,16-/m1/s1. The number of rotatable bonds is 6. The largest absolute Gasteiger partial charge is 0.491 e. The highest BCUT2D eigenvalue weighted by Gasteiger charge is 2.36. The van der Waals surface area contributed by atoms with Gasteiger partial charge in [0.05, 0.1) is 25.5 Å². The Bertz CT molecular complexity index is 915. The maximum atomic E-state index is 12.5. The maximum absolute atomic E-state index is 12.5. The van der Waals surface area contributed by atoms with Gasteiger partial charge in [-0.3, -0.25) is 4.57 Å². The average Bonchev–Trinajstić information content (AvgIpc) is 3.07. The smallest absolute Gasteiger partial charge is 0.351 e. The summed E-state index contributed by atoms with van der Waals surface area (Å²) in [6.07, 6.45) is 1.36. The van der Waals surface area contributed by atoms with E-state index >= 15 is 0 Å². The first kappa shape index (κ1) is 18.7. The van der Waals surface area contributed by atoms with Crippen molar-refractivity contribution in [1.29, 1.82) is 0 Å². The first-order chi connectivity index (χ1) is 13.6. The first-order valence-electron chi connectivity index (χ1n) is 9.39. The Balaban J connectivity index is 1.60. The summed E-state index contributed by atoms with van der Waals surface area (Å²) in [6.45, 7) is 2.35. The quantitative estimate of drug-likeness (QED) is 0.548. The Morgan fingerprint density at radius 3 is 3.00 bits per heavy atom. The fourth-order valence-corrected chi connectivity index (χ4v) is 3.27. The summed E-state index contributed by atoms with van der Waals surface area (Å²) < 4.78 is 18.6. The topological polar surface area (TPSA) is 115 Å². The number of aliphatic hydroxyl groups excluding tert-OH is 2. The van der Waals surface area contributed by atoms with Crippen molar-refractivity contribution in [2.45, 2.75) is 44.6 Å². The molecule has 0 aliphatic carbocycles. The van der Waals surface area contributed by atoms with Gasteiger partial charge in [-0.1, -0.05) is 19.4 Å². The molecule has 0 unspecified atom stereocenters. The summed E-state index contributed by atoms with van der Waals surface area (Å²) in [5.74, 6) is 1.85. The van der Waals surface area contributed by atoms with Crippen LogP contribution in [-0.4, -0.2) is 45.2 Å². The van der Waals surface area contributed by atoms with Crippen molar-refractivity contribution in [2.24, 2.45) is 0 Å². The molecule has 9 nitrogen and oxygen atoms in total. The number of aromatic nitrogens is 2. The molecule has 1 aromatic carbocycles. The minimum atomic E-state index is -0.847. The fourth-order valence-electron chi connectivity index (χ4n) is 3.27. The third-order valence-corrected chi connectivity index (χ3v) is 4.82. The van der Waals surface area contributed by atoms with E-state index in [-0.39, 0.29) is 18.8 Å². The molecule has 28 heavy (non-hydrogen) atoms. The maximum Gasteiger partial charge on any atom is 0.351 e. The molecule has 1 fully saturated rings. The lowest BCUT2D eigenvalue weighted by Gasteiger charge is -2.24. The number of anilines is 2. The van der Waals surface area contributed by atoms with Crippen molar-refractivity contribution >= 4 is 11.5 Å². The van der Waals surface area contributed by atoms with Gasteiger partial charge >= 0.3 is 5.69 Å². The summed E-state index contributed by atoms with van der Waals surface area (Å²) in [6, 6.07) is 5.46. The van der Waals surface area contributed by atoms with Crippen LogP contribution in [0, 0.1) is 0 Å². The van der Waals surface area contributed by atoms with Crippen LogP contribution >= 0.6 is 0 Å². The van der Waals surface area contributed by atoms with Crippen molar-refractivity contribution in [3.8, 4) is 17.2 Å². The number of nitrogens with zero attached hydrogens (tertiary/aromatic N) is 2. The SMILES string of the molecule is CCCCOc1cccc2c1Nc1nc(=O)n([C@H]3C[C@@H](O)[C@@H](CO)O3)cc1O2. The molecule has 0 spiro atoms. The third kappa shape index (κ3) is 3.44. The zero-order chi connectivity index (χ0) is 19.7. The predicted molar refractivity (Wildman–Crippen MR) is 100 cm³/mol. The van der Waals surface area contributed by atoms with E-state index in [4.69, 9.17) is 14.2 Å². The van der Waals surface area contributed by atoms with E-state index in [1.165, 1.54) is 10.8 Å². The molecule has 3 atom stereocenters. The van der Waals surface area contributed by atoms with Gasteiger partial charge in [-0.15, -0.1) is 0 Å². The molecule has 0 bridgehead atoms. The van der Waals surface area contributed by atoms with Gasteiger partial charge in [0.1, 0.15) is 23.8 Å². The number of unbranched alkanes of at least 4 members (excludes halogenated alkanes) is 1. The number of nitrogens with one attached hydrogen (secondary N) is 1. The van der Waals surface area contributed by atoms with Gasteiger partial charge in [0.15, 0.2) is 17.3 Å². The Morgan fingerprint density at radius 2 is 2.25 bits per heavy atom. The number of hydrogen-bond acceptors (Lipinski definition) is 8. The molecule has 2 aliphatic heterocycles. The van der Waals surface area contributed by atoms with E-state index in [0.717, 1.165) is 12.8 Å². The lowest BCUT2D eigenvalue weighted by atomic mass is 10.2. The summed E-state index contributed by atoms with van der Waals surface area (Å²) in [7, 11) is 0. The molecule has 3 heterocycles. The lowest BCUT2D eigenvalue weighted by Crippen LogP contribution is -2.29. The van der Waals surface area contributed by atoms with Crippen molar-refractivity contribution in [3.63, 3.8) is 0 Å². The second-order valence-corrected chi connectivity index (χ2v) is 6.82. The molecule has 2 aliphatic rings. The third-order valence-electron chi connectivity index (χ3n) is 4.82. The molecule has 1 aromatic heterocycles. The zero-order valence-electron chi connectivity index (χ0n) is 15.5. The highest BCUT2D eigenvalue weighted by Crippen LogP contribution is 2.45. The van der Waals surface area contributed by atoms with Crippen LogP contribution in [0.5, 0.6) is 17.2 Å². The Morgan fingerprint density at radius 1 is 1.39 bits per heavy atom. The van der Waals surface area contributed by atoms with Crippen LogP contribution in [0.25, 0.3) is 0 Å². The molecule has 3 N–H and O–H groups in total. The lowest BCUT2D eigenvalue weighted by molar-refractivity contribution is -0.0459. The van der Waals surface area contributed by atoms with Gasteiger partial charge in [-0.25, -0.2) is 4.79 Å². The summed E-state index contributed by atoms with van der Waals surface area (Å²) in [4.78, 5) is 16.6. The average molecular weight is 389 g/mol. The van der Waals surface area contributed by atoms with E-state index in [9.17, 15) is 15.0 Å². The minimum absolute atomic E-state index is 0.186. The van der Waals surface area contributed by atoms with Crippen molar-refractivity contribution in [3.05, 3.63) is 34.9 Å². The molecule has 4 rings (SSSR count). The van der Waals surface area contributed by atoms with Crippen LogP contribution < -0.4 is 20.5 Å². The molecule has 1 saturated heterocycles. The number of hydrogen-bond donors (Lipinski definition) is 3.